The summed E-state index contributed by atoms with van der Waals surface area (Å²) in [5, 5.41) is 2.96. The quantitative estimate of drug-likeness (QED) is 0.866. The molecule has 2 aromatic carbocycles. The van der Waals surface area contributed by atoms with E-state index in [4.69, 9.17) is 9.47 Å². The maximum atomic E-state index is 12.8. The number of hydrogen-bond acceptors (Lipinski definition) is 4. The topological polar surface area (TPSA) is 67.9 Å². The first-order chi connectivity index (χ1) is 13.6. The number of ether oxygens (including phenoxy) is 2. The van der Waals surface area contributed by atoms with Gasteiger partial charge in [0.1, 0.15) is 18.1 Å². The first kappa shape index (κ1) is 18.3. The van der Waals surface area contributed by atoms with E-state index in [1.54, 1.807) is 12.0 Å². The van der Waals surface area contributed by atoms with Gasteiger partial charge in [0.2, 0.25) is 11.8 Å². The highest BCUT2D eigenvalue weighted by Crippen LogP contribution is 2.32. The molecule has 28 heavy (non-hydrogen) atoms. The number of carbonyl (C=O) groups excluding carboxylic acids is 2. The van der Waals surface area contributed by atoms with Crippen LogP contribution in [-0.4, -0.2) is 37.0 Å². The second-order valence-electron chi connectivity index (χ2n) is 7.28. The average Bonchev–Trinajstić information content (AvgIpc) is 3.54. The molecular formula is C22H24N2O4. The van der Waals surface area contributed by atoms with Gasteiger partial charge in [-0.3, -0.25) is 9.59 Å². The van der Waals surface area contributed by atoms with Crippen molar-refractivity contribution in [2.45, 2.75) is 25.8 Å². The maximum Gasteiger partial charge on any atom is 0.227 e. The van der Waals surface area contributed by atoms with Crippen LogP contribution in [0.5, 0.6) is 11.5 Å². The zero-order valence-electron chi connectivity index (χ0n) is 15.9. The van der Waals surface area contributed by atoms with Crippen LogP contribution in [0.1, 0.15) is 24.0 Å². The molecule has 1 fully saturated rings. The predicted molar refractivity (Wildman–Crippen MR) is 105 cm³/mol. The van der Waals surface area contributed by atoms with Crippen molar-refractivity contribution in [2.24, 2.45) is 5.92 Å². The van der Waals surface area contributed by atoms with E-state index in [0.29, 0.717) is 26.1 Å². The molecule has 0 bridgehead atoms. The van der Waals surface area contributed by atoms with Crippen molar-refractivity contribution >= 4 is 17.5 Å². The fourth-order valence-corrected chi connectivity index (χ4v) is 3.34. The van der Waals surface area contributed by atoms with E-state index in [-0.39, 0.29) is 17.7 Å². The van der Waals surface area contributed by atoms with Crippen molar-refractivity contribution in [2.75, 3.05) is 25.6 Å². The standard InChI is InChI=1S/C22H24N2O4/c1-27-19-4-2-3-15(11-19)12-21(25)24-9-10-28-20-8-7-18(13-17(20)14-24)23-22(26)16-5-6-16/h2-4,7-8,11,13,16H,5-6,9-10,12,14H2,1H3,(H,23,26). The van der Waals surface area contributed by atoms with E-state index in [0.717, 1.165) is 41.2 Å². The molecule has 2 aromatic rings. The molecule has 6 heteroatoms. The van der Waals surface area contributed by atoms with Crippen molar-refractivity contribution in [1.82, 2.24) is 4.90 Å². The normalized spacial score (nSPS) is 15.8. The summed E-state index contributed by atoms with van der Waals surface area (Å²) in [6, 6.07) is 13.2. The first-order valence-corrected chi connectivity index (χ1v) is 9.59. The van der Waals surface area contributed by atoms with Crippen LogP contribution in [-0.2, 0) is 22.6 Å². The molecule has 4 rings (SSSR count). The van der Waals surface area contributed by atoms with Gasteiger partial charge in [0, 0.05) is 23.7 Å². The van der Waals surface area contributed by atoms with Crippen LogP contribution >= 0.6 is 0 Å². The molecule has 0 atom stereocenters. The van der Waals surface area contributed by atoms with Crippen molar-refractivity contribution in [3.63, 3.8) is 0 Å². The molecule has 0 aromatic heterocycles. The number of nitrogens with zero attached hydrogens (tertiary/aromatic N) is 1. The van der Waals surface area contributed by atoms with Crippen LogP contribution in [0.4, 0.5) is 5.69 Å². The maximum absolute atomic E-state index is 12.8. The minimum atomic E-state index is 0.0390. The van der Waals surface area contributed by atoms with E-state index >= 15 is 0 Å². The Hall–Kier alpha value is -3.02. The van der Waals surface area contributed by atoms with Gasteiger partial charge >= 0.3 is 0 Å². The Morgan fingerprint density at radius 3 is 2.86 bits per heavy atom. The molecule has 1 aliphatic heterocycles. The Morgan fingerprint density at radius 2 is 2.07 bits per heavy atom. The third-order valence-electron chi connectivity index (χ3n) is 5.10. The summed E-state index contributed by atoms with van der Waals surface area (Å²) in [7, 11) is 1.61. The van der Waals surface area contributed by atoms with Gasteiger partial charge in [-0.25, -0.2) is 0 Å². The third kappa shape index (κ3) is 4.27. The number of fused-ring (bicyclic) bond motifs is 1. The van der Waals surface area contributed by atoms with Crippen LogP contribution in [0.15, 0.2) is 42.5 Å². The van der Waals surface area contributed by atoms with Gasteiger partial charge in [0.25, 0.3) is 0 Å². The Morgan fingerprint density at radius 1 is 1.21 bits per heavy atom. The lowest BCUT2D eigenvalue weighted by Crippen LogP contribution is -2.33. The van der Waals surface area contributed by atoms with E-state index in [1.165, 1.54) is 0 Å². The molecule has 1 saturated carbocycles. The molecule has 2 aliphatic rings. The predicted octanol–water partition coefficient (Wildman–Crippen LogP) is 3.01. The van der Waals surface area contributed by atoms with E-state index < -0.39 is 0 Å². The largest absolute Gasteiger partial charge is 0.497 e. The average molecular weight is 380 g/mol. The van der Waals surface area contributed by atoms with Crippen LogP contribution in [0.2, 0.25) is 0 Å². The monoisotopic (exact) mass is 380 g/mol. The van der Waals surface area contributed by atoms with Crippen LogP contribution in [0.25, 0.3) is 0 Å². The molecule has 1 aliphatic carbocycles. The summed E-state index contributed by atoms with van der Waals surface area (Å²) < 4.78 is 11.0. The van der Waals surface area contributed by atoms with Gasteiger partial charge in [-0.05, 0) is 48.7 Å². The number of methoxy groups -OCH3 is 1. The summed E-state index contributed by atoms with van der Waals surface area (Å²) in [5.74, 6) is 1.76. The molecule has 2 amide bonds. The van der Waals surface area contributed by atoms with Gasteiger partial charge in [-0.1, -0.05) is 12.1 Å². The number of anilines is 1. The highest BCUT2D eigenvalue weighted by Gasteiger charge is 2.29. The zero-order valence-corrected chi connectivity index (χ0v) is 15.9. The summed E-state index contributed by atoms with van der Waals surface area (Å²) in [6.07, 6.45) is 2.24. The number of amides is 2. The molecule has 0 radical (unpaired) electrons. The van der Waals surface area contributed by atoms with E-state index in [9.17, 15) is 9.59 Å². The summed E-state index contributed by atoms with van der Waals surface area (Å²) in [5.41, 5.74) is 2.58. The lowest BCUT2D eigenvalue weighted by molar-refractivity contribution is -0.131. The number of nitrogens with one attached hydrogen (secondary N) is 1. The van der Waals surface area contributed by atoms with Gasteiger partial charge in [0.15, 0.2) is 0 Å². The van der Waals surface area contributed by atoms with Gasteiger partial charge in [-0.15, -0.1) is 0 Å². The summed E-state index contributed by atoms with van der Waals surface area (Å²) in [6.45, 7) is 1.44. The SMILES string of the molecule is COc1cccc(CC(=O)N2CCOc3ccc(NC(=O)C4CC4)cc3C2)c1. The highest BCUT2D eigenvalue weighted by molar-refractivity contribution is 5.94. The molecule has 0 saturated heterocycles. The van der Waals surface area contributed by atoms with Crippen molar-refractivity contribution < 1.29 is 19.1 Å². The van der Waals surface area contributed by atoms with Gasteiger partial charge < -0.3 is 19.7 Å². The fraction of sp³-hybridized carbons (Fsp3) is 0.364. The first-order valence-electron chi connectivity index (χ1n) is 9.59. The molecule has 0 unspecified atom stereocenters. The van der Waals surface area contributed by atoms with E-state index in [2.05, 4.69) is 5.32 Å². The molecule has 0 spiro atoms. The molecule has 6 nitrogen and oxygen atoms in total. The van der Waals surface area contributed by atoms with E-state index in [1.807, 2.05) is 42.5 Å². The van der Waals surface area contributed by atoms with Gasteiger partial charge in [0.05, 0.1) is 20.1 Å². The van der Waals surface area contributed by atoms with Crippen LogP contribution in [0, 0.1) is 5.92 Å². The minimum Gasteiger partial charge on any atom is -0.497 e. The number of hydrogen-bond donors (Lipinski definition) is 1. The zero-order chi connectivity index (χ0) is 19.5. The second-order valence-corrected chi connectivity index (χ2v) is 7.28. The van der Waals surface area contributed by atoms with Crippen LogP contribution < -0.4 is 14.8 Å². The number of rotatable bonds is 5. The Kier molecular flexibility index (Phi) is 5.19. The number of carbonyl (C=O) groups is 2. The smallest absolute Gasteiger partial charge is 0.227 e. The Labute approximate surface area is 164 Å². The van der Waals surface area contributed by atoms with Crippen molar-refractivity contribution in [3.8, 4) is 11.5 Å². The Balaban J connectivity index is 1.46. The Bertz CT molecular complexity index is 892. The highest BCUT2D eigenvalue weighted by atomic mass is 16.5. The molecular weight excluding hydrogens is 356 g/mol. The van der Waals surface area contributed by atoms with Crippen LogP contribution in [0.3, 0.4) is 0 Å². The molecule has 1 heterocycles. The summed E-state index contributed by atoms with van der Waals surface area (Å²) >= 11 is 0. The molecule has 1 N–H and O–H groups in total. The lowest BCUT2D eigenvalue weighted by Gasteiger charge is -2.20. The fourth-order valence-electron chi connectivity index (χ4n) is 3.34. The summed E-state index contributed by atoms with van der Waals surface area (Å²) in [4.78, 5) is 26.7. The second kappa shape index (κ2) is 7.92. The minimum absolute atomic E-state index is 0.0390. The van der Waals surface area contributed by atoms with Gasteiger partial charge in [-0.2, -0.15) is 0 Å². The third-order valence-corrected chi connectivity index (χ3v) is 5.10. The molecule has 146 valence electrons. The number of benzene rings is 2. The van der Waals surface area contributed by atoms with Crippen molar-refractivity contribution in [1.29, 1.82) is 0 Å². The lowest BCUT2D eigenvalue weighted by atomic mass is 10.1. The van der Waals surface area contributed by atoms with Crippen molar-refractivity contribution in [3.05, 3.63) is 53.6 Å².